The SMILES string of the molecule is Nc1ncc(-c2cccc(C(=O)N3CCN(C4CCCN4CC=O)CC3)c2)cc1-c1nc2ccccc2s1. The Bertz CT molecular complexity index is 1450. The zero-order chi connectivity index (χ0) is 26.1. The van der Waals surface area contributed by atoms with Crippen LogP contribution in [0, 0.1) is 0 Å². The van der Waals surface area contributed by atoms with Crippen LogP contribution >= 0.6 is 11.3 Å². The first-order chi connectivity index (χ1) is 18.6. The van der Waals surface area contributed by atoms with Crippen LogP contribution in [-0.2, 0) is 4.79 Å². The van der Waals surface area contributed by atoms with Crippen molar-refractivity contribution in [3.8, 4) is 21.7 Å². The second-order valence-electron chi connectivity index (χ2n) is 9.84. The Balaban J connectivity index is 1.18. The van der Waals surface area contributed by atoms with Gasteiger partial charge in [-0.3, -0.25) is 14.6 Å². The van der Waals surface area contributed by atoms with Crippen molar-refractivity contribution in [1.29, 1.82) is 0 Å². The van der Waals surface area contributed by atoms with E-state index in [0.29, 0.717) is 37.2 Å². The van der Waals surface area contributed by atoms with E-state index < -0.39 is 0 Å². The molecule has 1 atom stereocenters. The highest BCUT2D eigenvalue weighted by Crippen LogP contribution is 2.35. The van der Waals surface area contributed by atoms with Crippen molar-refractivity contribution in [2.24, 2.45) is 0 Å². The molecule has 8 nitrogen and oxygen atoms in total. The van der Waals surface area contributed by atoms with Gasteiger partial charge in [0.1, 0.15) is 17.1 Å². The first kappa shape index (κ1) is 24.7. The average Bonchev–Trinajstić information content (AvgIpc) is 3.60. The van der Waals surface area contributed by atoms with E-state index >= 15 is 0 Å². The number of benzene rings is 2. The first-order valence-electron chi connectivity index (χ1n) is 13.0. The highest BCUT2D eigenvalue weighted by Gasteiger charge is 2.32. The summed E-state index contributed by atoms with van der Waals surface area (Å²) in [6.45, 7) is 4.45. The fraction of sp³-hybridized carbons (Fsp3) is 0.310. The van der Waals surface area contributed by atoms with Crippen LogP contribution in [0.3, 0.4) is 0 Å². The van der Waals surface area contributed by atoms with Gasteiger partial charge in [-0.1, -0.05) is 24.3 Å². The molecule has 2 N–H and O–H groups in total. The number of rotatable bonds is 6. The molecule has 2 aromatic carbocycles. The second kappa shape index (κ2) is 10.6. The number of thiazole rings is 1. The van der Waals surface area contributed by atoms with Crippen LogP contribution in [-0.4, -0.2) is 82.3 Å². The van der Waals surface area contributed by atoms with E-state index in [4.69, 9.17) is 10.7 Å². The molecule has 0 saturated carbocycles. The molecule has 0 aliphatic carbocycles. The van der Waals surface area contributed by atoms with E-state index in [0.717, 1.165) is 70.7 Å². The van der Waals surface area contributed by atoms with Crippen molar-refractivity contribution in [1.82, 2.24) is 24.7 Å². The summed E-state index contributed by atoms with van der Waals surface area (Å²) in [5.74, 6) is 0.476. The van der Waals surface area contributed by atoms with Gasteiger partial charge in [-0.15, -0.1) is 11.3 Å². The third kappa shape index (κ3) is 4.80. The molecular formula is C29H30N6O2S. The molecule has 0 bridgehead atoms. The smallest absolute Gasteiger partial charge is 0.253 e. The number of nitrogens with two attached hydrogens (primary N) is 1. The van der Waals surface area contributed by atoms with Gasteiger partial charge in [0.25, 0.3) is 5.91 Å². The van der Waals surface area contributed by atoms with Gasteiger partial charge in [0.15, 0.2) is 0 Å². The summed E-state index contributed by atoms with van der Waals surface area (Å²) in [5.41, 5.74) is 10.5. The molecule has 38 heavy (non-hydrogen) atoms. The Morgan fingerprint density at radius 1 is 1.03 bits per heavy atom. The number of amides is 1. The highest BCUT2D eigenvalue weighted by atomic mass is 32.1. The summed E-state index contributed by atoms with van der Waals surface area (Å²) in [5, 5.41) is 0.831. The van der Waals surface area contributed by atoms with Gasteiger partial charge in [-0.2, -0.15) is 0 Å². The predicted molar refractivity (Wildman–Crippen MR) is 151 cm³/mol. The lowest BCUT2D eigenvalue weighted by molar-refractivity contribution is -0.110. The zero-order valence-electron chi connectivity index (χ0n) is 21.1. The summed E-state index contributed by atoms with van der Waals surface area (Å²) >= 11 is 1.59. The Morgan fingerprint density at radius 3 is 2.68 bits per heavy atom. The molecule has 0 radical (unpaired) electrons. The quantitative estimate of drug-likeness (QED) is 0.380. The van der Waals surface area contributed by atoms with Crippen molar-refractivity contribution >= 4 is 39.6 Å². The Kier molecular flexibility index (Phi) is 6.88. The minimum absolute atomic E-state index is 0.0393. The molecule has 4 aromatic rings. The topological polar surface area (TPSA) is 95.7 Å². The van der Waals surface area contributed by atoms with E-state index in [-0.39, 0.29) is 5.91 Å². The number of carbonyl (C=O) groups is 2. The fourth-order valence-electron chi connectivity index (χ4n) is 5.56. The van der Waals surface area contributed by atoms with Gasteiger partial charge in [-0.05, 0) is 48.7 Å². The van der Waals surface area contributed by atoms with Crippen molar-refractivity contribution in [2.75, 3.05) is 45.0 Å². The maximum absolute atomic E-state index is 13.4. The number of nitrogen functional groups attached to an aromatic ring is 1. The van der Waals surface area contributed by atoms with Crippen LogP contribution in [0.5, 0.6) is 0 Å². The molecule has 2 aliphatic rings. The Labute approximate surface area is 225 Å². The standard InChI is InChI=1S/C29H30N6O2S/c30-27-23(28-32-24-7-1-2-8-25(24)38-28)18-22(19-31-27)20-5-3-6-21(17-20)29(37)35-13-11-34(12-14-35)26-9-4-10-33(26)15-16-36/h1-3,5-8,16-19,26H,4,9-15H2,(H2,30,31). The number of piperazine rings is 1. The van der Waals surface area contributed by atoms with Crippen molar-refractivity contribution in [3.05, 3.63) is 66.4 Å². The number of nitrogens with zero attached hydrogens (tertiary/aromatic N) is 5. The van der Waals surface area contributed by atoms with Crippen LogP contribution in [0.2, 0.25) is 0 Å². The zero-order valence-corrected chi connectivity index (χ0v) is 21.9. The molecule has 194 valence electrons. The van der Waals surface area contributed by atoms with Gasteiger partial charge in [0.2, 0.25) is 0 Å². The van der Waals surface area contributed by atoms with Crippen molar-refractivity contribution in [3.63, 3.8) is 0 Å². The highest BCUT2D eigenvalue weighted by molar-refractivity contribution is 7.21. The lowest BCUT2D eigenvalue weighted by atomic mass is 10.0. The van der Waals surface area contributed by atoms with E-state index in [1.165, 1.54) is 0 Å². The number of aldehydes is 1. The largest absolute Gasteiger partial charge is 0.383 e. The minimum Gasteiger partial charge on any atom is -0.383 e. The number of para-hydroxylation sites is 1. The number of aromatic nitrogens is 2. The van der Waals surface area contributed by atoms with Gasteiger partial charge < -0.3 is 15.4 Å². The molecule has 2 aliphatic heterocycles. The molecule has 6 rings (SSSR count). The van der Waals surface area contributed by atoms with Crippen LogP contribution in [0.4, 0.5) is 5.82 Å². The van der Waals surface area contributed by atoms with E-state index in [9.17, 15) is 9.59 Å². The van der Waals surface area contributed by atoms with Gasteiger partial charge in [-0.25, -0.2) is 9.97 Å². The summed E-state index contributed by atoms with van der Waals surface area (Å²) in [6.07, 6.45) is 5.25. The predicted octanol–water partition coefficient (Wildman–Crippen LogP) is 3.99. The summed E-state index contributed by atoms with van der Waals surface area (Å²) in [4.78, 5) is 40.3. The number of pyridine rings is 1. The lowest BCUT2D eigenvalue weighted by Crippen LogP contribution is -2.55. The van der Waals surface area contributed by atoms with Gasteiger partial charge in [0.05, 0.1) is 28.5 Å². The normalized spacial score (nSPS) is 18.7. The molecule has 0 spiro atoms. The third-order valence-electron chi connectivity index (χ3n) is 7.55. The first-order valence-corrected chi connectivity index (χ1v) is 13.9. The van der Waals surface area contributed by atoms with Crippen molar-refractivity contribution in [2.45, 2.75) is 19.0 Å². The van der Waals surface area contributed by atoms with Gasteiger partial charge >= 0.3 is 0 Å². The number of carbonyl (C=O) groups excluding carboxylic acids is 2. The molecule has 2 fully saturated rings. The number of fused-ring (bicyclic) bond motifs is 1. The van der Waals surface area contributed by atoms with Gasteiger partial charge in [0, 0.05) is 50.0 Å². The number of anilines is 1. The molecular weight excluding hydrogens is 496 g/mol. The van der Waals surface area contributed by atoms with E-state index in [2.05, 4.69) is 14.8 Å². The van der Waals surface area contributed by atoms with Crippen molar-refractivity contribution < 1.29 is 9.59 Å². The molecule has 2 saturated heterocycles. The molecule has 1 unspecified atom stereocenters. The summed E-state index contributed by atoms with van der Waals surface area (Å²) in [7, 11) is 0. The lowest BCUT2D eigenvalue weighted by Gasteiger charge is -2.40. The summed E-state index contributed by atoms with van der Waals surface area (Å²) < 4.78 is 1.10. The van der Waals surface area contributed by atoms with E-state index in [1.807, 2.05) is 59.5 Å². The Hall–Kier alpha value is -3.66. The van der Waals surface area contributed by atoms with Crippen LogP contribution in [0.25, 0.3) is 31.9 Å². The number of likely N-dealkylation sites (tertiary alicyclic amines) is 1. The van der Waals surface area contributed by atoms with Crippen LogP contribution < -0.4 is 5.73 Å². The van der Waals surface area contributed by atoms with E-state index in [1.54, 1.807) is 17.5 Å². The third-order valence-corrected chi connectivity index (χ3v) is 8.62. The maximum atomic E-state index is 13.4. The minimum atomic E-state index is 0.0393. The maximum Gasteiger partial charge on any atom is 0.253 e. The number of hydrogen-bond acceptors (Lipinski definition) is 8. The molecule has 2 aromatic heterocycles. The average molecular weight is 527 g/mol. The molecule has 1 amide bonds. The molecule has 9 heteroatoms. The summed E-state index contributed by atoms with van der Waals surface area (Å²) in [6, 6.07) is 17.8. The van der Waals surface area contributed by atoms with Crippen LogP contribution in [0.15, 0.2) is 60.8 Å². The molecule has 4 heterocycles. The monoisotopic (exact) mass is 526 g/mol. The Morgan fingerprint density at radius 2 is 1.87 bits per heavy atom. The number of hydrogen-bond donors (Lipinski definition) is 1. The van der Waals surface area contributed by atoms with Crippen LogP contribution in [0.1, 0.15) is 23.2 Å². The fourth-order valence-corrected chi connectivity index (χ4v) is 6.55. The second-order valence-corrected chi connectivity index (χ2v) is 10.9.